The van der Waals surface area contributed by atoms with E-state index in [-0.39, 0.29) is 30.3 Å². The Kier molecular flexibility index (Phi) is 7.30. The van der Waals surface area contributed by atoms with Gasteiger partial charge in [-0.25, -0.2) is 0 Å². The summed E-state index contributed by atoms with van der Waals surface area (Å²) in [6, 6.07) is 0. The van der Waals surface area contributed by atoms with Gasteiger partial charge in [-0.05, 0) is 18.1 Å². The predicted octanol–water partition coefficient (Wildman–Crippen LogP) is 2.31. The first-order valence-corrected chi connectivity index (χ1v) is 12.9. The van der Waals surface area contributed by atoms with Gasteiger partial charge < -0.3 is 23.4 Å². The van der Waals surface area contributed by atoms with Gasteiger partial charge in [-0.3, -0.25) is 14.4 Å². The van der Waals surface area contributed by atoms with Gasteiger partial charge in [0.15, 0.2) is 20.0 Å². The van der Waals surface area contributed by atoms with Crippen molar-refractivity contribution >= 4 is 26.0 Å². The van der Waals surface area contributed by atoms with Crippen molar-refractivity contribution in [3.63, 3.8) is 0 Å². The summed E-state index contributed by atoms with van der Waals surface area (Å²) in [5.74, 6) is -5.31. The van der Waals surface area contributed by atoms with Crippen molar-refractivity contribution in [1.82, 2.24) is 0 Å². The number of methoxy groups -OCH3 is 2. The number of esters is 2. The average Bonchev–Trinajstić information content (AvgIpc) is 3.11. The van der Waals surface area contributed by atoms with Gasteiger partial charge in [0.1, 0.15) is 5.78 Å². The summed E-state index contributed by atoms with van der Waals surface area (Å²) in [6.07, 6.45) is 0.190. The number of ketones is 1. The highest BCUT2D eigenvalue weighted by atomic mass is 28.4. The highest BCUT2D eigenvalue weighted by Gasteiger charge is 2.58. The molecule has 1 saturated carbocycles. The lowest BCUT2D eigenvalue weighted by Gasteiger charge is -2.44. The highest BCUT2D eigenvalue weighted by Crippen LogP contribution is 2.46. The Labute approximate surface area is 173 Å². The topological polar surface area (TPSA) is 97.4 Å². The minimum atomic E-state index is -2.04. The average molecular weight is 431 g/mol. The molecule has 2 fully saturated rings. The number of carbonyl (C=O) groups is 3. The van der Waals surface area contributed by atoms with Crippen molar-refractivity contribution < 1.29 is 37.8 Å². The van der Waals surface area contributed by atoms with Gasteiger partial charge in [0.05, 0.1) is 27.4 Å². The lowest BCUT2D eigenvalue weighted by Crippen LogP contribution is -2.55. The number of Topliss-reactive ketones (excluding diaryl/α,β-unsaturated/α-hetero) is 1. The van der Waals surface area contributed by atoms with E-state index >= 15 is 0 Å². The van der Waals surface area contributed by atoms with Crippen molar-refractivity contribution in [2.75, 3.05) is 34.0 Å². The van der Waals surface area contributed by atoms with Gasteiger partial charge in [-0.1, -0.05) is 20.8 Å². The molecule has 0 unspecified atom stereocenters. The monoisotopic (exact) mass is 430 g/mol. The molecule has 1 saturated heterocycles. The van der Waals surface area contributed by atoms with Crippen LogP contribution < -0.4 is 0 Å². The Morgan fingerprint density at radius 1 is 1.14 bits per heavy atom. The second-order valence-electron chi connectivity index (χ2n) is 9.28. The quantitative estimate of drug-likeness (QED) is 0.360. The summed E-state index contributed by atoms with van der Waals surface area (Å²) in [5, 5.41) is 0.0200. The Bertz CT molecular complexity index is 617. The molecular formula is C20H34O8Si. The molecule has 0 aromatic heterocycles. The van der Waals surface area contributed by atoms with Gasteiger partial charge in [-0.2, -0.15) is 0 Å². The number of ether oxygens (including phenoxy) is 4. The third kappa shape index (κ3) is 4.90. The molecule has 0 bridgehead atoms. The third-order valence-corrected chi connectivity index (χ3v) is 11.0. The molecule has 0 aromatic rings. The zero-order valence-electron chi connectivity index (χ0n) is 18.5. The number of hydrogen-bond acceptors (Lipinski definition) is 8. The van der Waals surface area contributed by atoms with Crippen molar-refractivity contribution in [1.29, 1.82) is 0 Å². The molecule has 0 amide bonds. The SMILES string of the molecule is COC(=O)C(C(=O)OC)[C@H]1CC(=O)[C@H](CO[Si](C)(C)C(C)(C)C)CC12OCCO2. The molecule has 9 heteroatoms. The predicted molar refractivity (Wildman–Crippen MR) is 107 cm³/mol. The first-order valence-electron chi connectivity index (χ1n) is 9.99. The molecule has 0 radical (unpaired) electrons. The van der Waals surface area contributed by atoms with Crippen LogP contribution in [0.1, 0.15) is 33.6 Å². The standard InChI is InChI=1S/C20H34O8Si/c1-19(2,3)29(6,7)28-12-13-11-20(26-8-9-27-20)14(10-15(13)21)16(17(22)24-4)18(23)25-5/h13-14,16H,8-12H2,1-7H3/t13-,14+/m0/s1. The fourth-order valence-electron chi connectivity index (χ4n) is 3.68. The highest BCUT2D eigenvalue weighted by molar-refractivity contribution is 6.74. The Hall–Kier alpha value is -1.29. The Morgan fingerprint density at radius 2 is 1.66 bits per heavy atom. The first kappa shape index (κ1) is 24.0. The van der Waals surface area contributed by atoms with Crippen LogP contribution in [0.5, 0.6) is 0 Å². The molecule has 1 heterocycles. The number of rotatable bonds is 6. The van der Waals surface area contributed by atoms with Crippen molar-refractivity contribution in [3.8, 4) is 0 Å². The van der Waals surface area contributed by atoms with Crippen LogP contribution in [0.4, 0.5) is 0 Å². The molecule has 2 aliphatic rings. The lowest BCUT2D eigenvalue weighted by molar-refractivity contribution is -0.235. The molecule has 1 aliphatic heterocycles. The van der Waals surface area contributed by atoms with E-state index in [9.17, 15) is 14.4 Å². The minimum Gasteiger partial charge on any atom is -0.468 e. The fraction of sp³-hybridized carbons (Fsp3) is 0.850. The molecule has 0 N–H and O–H groups in total. The van der Waals surface area contributed by atoms with Gasteiger partial charge in [0.2, 0.25) is 0 Å². The fourth-order valence-corrected chi connectivity index (χ4v) is 4.73. The van der Waals surface area contributed by atoms with E-state index in [4.69, 9.17) is 23.4 Å². The Balaban J connectivity index is 2.26. The summed E-state index contributed by atoms with van der Waals surface area (Å²) < 4.78 is 27.7. The van der Waals surface area contributed by atoms with E-state index < -0.39 is 43.8 Å². The van der Waals surface area contributed by atoms with Crippen molar-refractivity contribution in [2.45, 2.75) is 57.5 Å². The van der Waals surface area contributed by atoms with Gasteiger partial charge in [0, 0.05) is 31.3 Å². The van der Waals surface area contributed by atoms with Crippen molar-refractivity contribution in [3.05, 3.63) is 0 Å². The number of carbonyl (C=O) groups excluding carboxylic acids is 3. The Morgan fingerprint density at radius 3 is 2.10 bits per heavy atom. The summed E-state index contributed by atoms with van der Waals surface area (Å²) >= 11 is 0. The van der Waals surface area contributed by atoms with E-state index in [1.807, 2.05) is 0 Å². The van der Waals surface area contributed by atoms with E-state index in [0.29, 0.717) is 13.2 Å². The second kappa shape index (κ2) is 8.83. The van der Waals surface area contributed by atoms with E-state index in [2.05, 4.69) is 33.9 Å². The van der Waals surface area contributed by atoms with Crippen molar-refractivity contribution in [2.24, 2.45) is 17.8 Å². The number of hydrogen-bond donors (Lipinski definition) is 0. The molecule has 2 rings (SSSR count). The molecule has 2 atom stereocenters. The first-order chi connectivity index (χ1) is 13.4. The molecule has 166 valence electrons. The van der Waals surface area contributed by atoms with E-state index in [1.54, 1.807) is 0 Å². The van der Waals surface area contributed by atoms with Gasteiger partial charge in [0.25, 0.3) is 0 Å². The van der Waals surface area contributed by atoms with Gasteiger partial charge in [-0.15, -0.1) is 0 Å². The smallest absolute Gasteiger partial charge is 0.320 e. The van der Waals surface area contributed by atoms with Crippen LogP contribution >= 0.6 is 0 Å². The summed E-state index contributed by atoms with van der Waals surface area (Å²) in [6.45, 7) is 11.6. The molecule has 1 aliphatic carbocycles. The summed E-state index contributed by atoms with van der Waals surface area (Å²) in [5.41, 5.74) is 0. The third-order valence-electron chi connectivity index (χ3n) is 6.51. The van der Waals surface area contributed by atoms with Gasteiger partial charge >= 0.3 is 11.9 Å². The van der Waals surface area contributed by atoms with E-state index in [1.165, 1.54) is 14.2 Å². The van der Waals surface area contributed by atoms with Crippen LogP contribution in [0, 0.1) is 17.8 Å². The van der Waals surface area contributed by atoms with Crippen LogP contribution in [0.15, 0.2) is 0 Å². The molecular weight excluding hydrogens is 396 g/mol. The second-order valence-corrected chi connectivity index (χ2v) is 14.1. The zero-order chi connectivity index (χ0) is 22.0. The summed E-state index contributed by atoms with van der Waals surface area (Å²) in [4.78, 5) is 37.6. The molecule has 8 nitrogen and oxygen atoms in total. The minimum absolute atomic E-state index is 0.0200. The zero-order valence-corrected chi connectivity index (χ0v) is 19.5. The summed E-state index contributed by atoms with van der Waals surface area (Å²) in [7, 11) is 0.355. The maximum atomic E-state index is 13.0. The van der Waals surface area contributed by atoms with Crippen LogP contribution in [0.25, 0.3) is 0 Å². The van der Waals surface area contributed by atoms with Crippen LogP contribution in [0.3, 0.4) is 0 Å². The largest absolute Gasteiger partial charge is 0.468 e. The maximum Gasteiger partial charge on any atom is 0.320 e. The molecule has 0 aromatic carbocycles. The van der Waals surface area contributed by atoms with Crippen LogP contribution in [-0.2, 0) is 37.8 Å². The van der Waals surface area contributed by atoms with E-state index in [0.717, 1.165) is 0 Å². The maximum absolute atomic E-state index is 13.0. The lowest BCUT2D eigenvalue weighted by atomic mass is 9.70. The van der Waals surface area contributed by atoms with Crippen LogP contribution in [-0.4, -0.2) is 65.9 Å². The van der Waals surface area contributed by atoms with Crippen LogP contribution in [0.2, 0.25) is 18.1 Å². The molecule has 1 spiro atoms. The molecule has 29 heavy (non-hydrogen) atoms. The normalized spacial score (nSPS) is 24.8.